The second kappa shape index (κ2) is 10.7. The van der Waals surface area contributed by atoms with Crippen molar-refractivity contribution in [3.05, 3.63) is 65.7 Å². The number of aliphatic hydroxyl groups is 1. The monoisotopic (exact) mass is 452 g/mol. The topological polar surface area (TPSA) is 55.8 Å². The molecule has 2 fully saturated rings. The number of hydrogen-bond acceptors (Lipinski definition) is 4. The highest BCUT2D eigenvalue weighted by atomic mass is 16.5. The van der Waals surface area contributed by atoms with E-state index in [-0.39, 0.29) is 18.7 Å². The Kier molecular flexibility index (Phi) is 7.71. The summed E-state index contributed by atoms with van der Waals surface area (Å²) in [7, 11) is 2.37. The summed E-state index contributed by atoms with van der Waals surface area (Å²) in [5.74, 6) is 0.0351. The van der Waals surface area contributed by atoms with Crippen LogP contribution < -0.4 is 4.74 Å². The first-order chi connectivity index (χ1) is 16.0. The minimum absolute atomic E-state index is 0.0618. The van der Waals surface area contributed by atoms with Gasteiger partial charge in [0.25, 0.3) is 0 Å². The normalized spacial score (nSPS) is 27.2. The van der Waals surface area contributed by atoms with Gasteiger partial charge in [-0.05, 0) is 36.2 Å². The van der Waals surface area contributed by atoms with Crippen LogP contribution in [0.5, 0.6) is 5.75 Å². The number of carbonyl (C=O) groups excluding carboxylic acids is 1. The third kappa shape index (κ3) is 5.42. The van der Waals surface area contributed by atoms with Crippen LogP contribution in [0.4, 0.5) is 0 Å². The van der Waals surface area contributed by atoms with E-state index in [1.807, 2.05) is 30.3 Å². The fraction of sp³-hybridized carbons (Fsp3) is 0.536. The van der Waals surface area contributed by atoms with E-state index < -0.39 is 5.92 Å². The molecule has 0 spiro atoms. The average Bonchev–Trinajstić information content (AvgIpc) is 2.98. The number of carbonyl (C=O) groups is 1. The molecule has 5 nitrogen and oxygen atoms in total. The minimum Gasteiger partial charge on any atom is -0.494 e. The standard InChI is InChI=1S/C28H38NO4/c1-3-4-16-32-25-14-10-21(11-15-25)19-29(2)23-12-13-24(29)18-26(17-23)33-28(31)27(20-30)22-8-6-5-7-9-22/h5-11,14-15,23-24,26-27,30H,3-4,12-13,16-20H2,1-2H3/q+1/t23-,24+,26?,27?,29?. The van der Waals surface area contributed by atoms with E-state index in [0.29, 0.717) is 12.1 Å². The molecule has 1 N–H and O–H groups in total. The highest BCUT2D eigenvalue weighted by molar-refractivity contribution is 5.78. The molecule has 0 amide bonds. The summed E-state index contributed by atoms with van der Waals surface area (Å²) >= 11 is 0. The lowest BCUT2D eigenvalue weighted by Gasteiger charge is -2.47. The van der Waals surface area contributed by atoms with E-state index in [9.17, 15) is 9.90 Å². The Hall–Kier alpha value is -2.37. The highest BCUT2D eigenvalue weighted by Gasteiger charge is 2.52. The Morgan fingerprint density at radius 3 is 2.33 bits per heavy atom. The summed E-state index contributed by atoms with van der Waals surface area (Å²) in [6, 6.07) is 19.0. The Bertz CT molecular complexity index is 884. The molecule has 5 atom stereocenters. The Balaban J connectivity index is 1.36. The van der Waals surface area contributed by atoms with Crippen molar-refractivity contribution in [1.82, 2.24) is 0 Å². The zero-order chi connectivity index (χ0) is 23.3. The molecular weight excluding hydrogens is 414 g/mol. The van der Waals surface area contributed by atoms with E-state index in [2.05, 4.69) is 38.2 Å². The van der Waals surface area contributed by atoms with Crippen LogP contribution in [-0.2, 0) is 16.1 Å². The number of nitrogens with zero attached hydrogens (tertiary/aromatic N) is 1. The van der Waals surface area contributed by atoms with Crippen LogP contribution in [-0.4, -0.2) is 54.0 Å². The van der Waals surface area contributed by atoms with Gasteiger partial charge in [-0.2, -0.15) is 0 Å². The average molecular weight is 453 g/mol. The van der Waals surface area contributed by atoms with Crippen molar-refractivity contribution >= 4 is 5.97 Å². The molecule has 2 aromatic carbocycles. The zero-order valence-electron chi connectivity index (χ0n) is 20.0. The first kappa shape index (κ1) is 23.8. The highest BCUT2D eigenvalue weighted by Crippen LogP contribution is 2.43. The molecule has 2 heterocycles. The molecule has 178 valence electrons. The number of esters is 1. The maximum absolute atomic E-state index is 12.9. The Morgan fingerprint density at radius 1 is 1.06 bits per heavy atom. The molecule has 33 heavy (non-hydrogen) atoms. The van der Waals surface area contributed by atoms with E-state index in [1.54, 1.807) is 0 Å². The van der Waals surface area contributed by atoms with Crippen LogP contribution in [0.15, 0.2) is 54.6 Å². The number of ether oxygens (including phenoxy) is 2. The lowest BCUT2D eigenvalue weighted by molar-refractivity contribution is -0.961. The molecule has 5 heteroatoms. The number of rotatable bonds is 10. The van der Waals surface area contributed by atoms with E-state index >= 15 is 0 Å². The van der Waals surface area contributed by atoms with Gasteiger partial charge in [0.2, 0.25) is 0 Å². The van der Waals surface area contributed by atoms with Crippen molar-refractivity contribution in [2.75, 3.05) is 20.3 Å². The van der Waals surface area contributed by atoms with E-state index in [0.717, 1.165) is 54.6 Å². The fourth-order valence-electron chi connectivity index (χ4n) is 5.71. The largest absolute Gasteiger partial charge is 0.494 e. The van der Waals surface area contributed by atoms with Gasteiger partial charge in [0.1, 0.15) is 24.3 Å². The number of unbranched alkanes of at least 4 members (excludes halogenated alkanes) is 1. The molecule has 0 aromatic heterocycles. The molecule has 0 saturated carbocycles. The number of fused-ring (bicyclic) bond motifs is 2. The van der Waals surface area contributed by atoms with Gasteiger partial charge in [-0.1, -0.05) is 43.7 Å². The van der Waals surface area contributed by atoms with Crippen molar-refractivity contribution in [2.45, 2.75) is 76.1 Å². The summed E-state index contributed by atoms with van der Waals surface area (Å²) in [6.45, 7) is 3.71. The number of hydrogen-bond donors (Lipinski definition) is 1. The first-order valence-electron chi connectivity index (χ1n) is 12.5. The van der Waals surface area contributed by atoms with Crippen LogP contribution in [0.2, 0.25) is 0 Å². The maximum Gasteiger partial charge on any atom is 0.316 e. The van der Waals surface area contributed by atoms with Crippen LogP contribution in [0.1, 0.15) is 62.5 Å². The molecule has 2 aliphatic heterocycles. The third-order valence-corrected chi connectivity index (χ3v) is 7.74. The van der Waals surface area contributed by atoms with E-state index in [1.165, 1.54) is 18.4 Å². The van der Waals surface area contributed by atoms with Crippen LogP contribution >= 0.6 is 0 Å². The molecule has 2 saturated heterocycles. The summed E-state index contributed by atoms with van der Waals surface area (Å²) in [6.07, 6.45) is 6.29. The molecule has 0 radical (unpaired) electrons. The minimum atomic E-state index is -0.607. The van der Waals surface area contributed by atoms with Crippen LogP contribution in [0, 0.1) is 0 Å². The molecule has 3 unspecified atom stereocenters. The number of benzene rings is 2. The predicted molar refractivity (Wildman–Crippen MR) is 129 cm³/mol. The van der Waals surface area contributed by atoms with Gasteiger partial charge in [0, 0.05) is 31.2 Å². The molecular formula is C28H38NO4+. The lowest BCUT2D eigenvalue weighted by atomic mass is 9.95. The molecule has 2 aromatic rings. The number of piperidine rings is 1. The van der Waals surface area contributed by atoms with Crippen molar-refractivity contribution in [3.63, 3.8) is 0 Å². The smallest absolute Gasteiger partial charge is 0.316 e. The summed E-state index contributed by atoms with van der Waals surface area (Å²) < 4.78 is 12.8. The summed E-state index contributed by atoms with van der Waals surface area (Å²) in [4.78, 5) is 12.9. The van der Waals surface area contributed by atoms with Gasteiger partial charge in [0.15, 0.2) is 0 Å². The zero-order valence-corrected chi connectivity index (χ0v) is 20.0. The van der Waals surface area contributed by atoms with Gasteiger partial charge in [0.05, 0.1) is 32.3 Å². The second-order valence-electron chi connectivity index (χ2n) is 9.91. The van der Waals surface area contributed by atoms with Crippen LogP contribution in [0.3, 0.4) is 0 Å². The van der Waals surface area contributed by atoms with Crippen molar-refractivity contribution in [2.24, 2.45) is 0 Å². The summed E-state index contributed by atoms with van der Waals surface area (Å²) in [5, 5.41) is 9.81. The second-order valence-corrected chi connectivity index (χ2v) is 9.91. The Labute approximate surface area is 197 Å². The van der Waals surface area contributed by atoms with Crippen molar-refractivity contribution in [3.8, 4) is 5.75 Å². The third-order valence-electron chi connectivity index (χ3n) is 7.74. The molecule has 4 rings (SSSR count). The SMILES string of the molecule is CCCCOc1ccc(C[N+]2(C)[C@@H]3CC[C@H]2CC(OC(=O)C(CO)c2ccccc2)C3)cc1. The number of quaternary nitrogens is 1. The Morgan fingerprint density at radius 2 is 1.73 bits per heavy atom. The maximum atomic E-state index is 12.9. The molecule has 2 bridgehead atoms. The van der Waals surface area contributed by atoms with Crippen molar-refractivity contribution in [1.29, 1.82) is 0 Å². The quantitative estimate of drug-likeness (QED) is 0.319. The van der Waals surface area contributed by atoms with Crippen LogP contribution in [0.25, 0.3) is 0 Å². The lowest BCUT2D eigenvalue weighted by Crippen LogP contribution is -2.58. The van der Waals surface area contributed by atoms with Gasteiger partial charge in [-0.3, -0.25) is 4.79 Å². The first-order valence-corrected chi connectivity index (χ1v) is 12.5. The molecule has 2 aliphatic rings. The number of aliphatic hydroxyl groups excluding tert-OH is 1. The summed E-state index contributed by atoms with van der Waals surface area (Å²) in [5.41, 5.74) is 2.14. The van der Waals surface area contributed by atoms with Crippen molar-refractivity contribution < 1.29 is 23.9 Å². The fourth-order valence-corrected chi connectivity index (χ4v) is 5.71. The molecule has 0 aliphatic carbocycles. The van der Waals surface area contributed by atoms with E-state index in [4.69, 9.17) is 9.47 Å². The predicted octanol–water partition coefficient (Wildman–Crippen LogP) is 4.82. The van der Waals surface area contributed by atoms with Gasteiger partial charge >= 0.3 is 5.97 Å². The van der Waals surface area contributed by atoms with Gasteiger partial charge in [-0.15, -0.1) is 0 Å². The van der Waals surface area contributed by atoms with Gasteiger partial charge < -0.3 is 19.1 Å². The van der Waals surface area contributed by atoms with Gasteiger partial charge in [-0.25, -0.2) is 0 Å².